The molecule has 2 aliphatic rings. The number of anilines is 2. The maximum atomic E-state index is 6.46. The van der Waals surface area contributed by atoms with E-state index in [9.17, 15) is 0 Å². The standard InChI is InChI=1S/C33H40ClN11O4/c1-23(20-44-22-38-41-42-44)49-30-17-24(4-9-28(30)34)25-18-36-33(37-19-25)39-29-21-45(40-32(29)48-13-2-3-31-35-10-14-47-31)27-7-5-26(6-8-27)43-11-15-46-16-12-43/h4,9-10,14,17-19,21-23,26-27H,2-3,5-8,11-13,15-16,20H2,1H3,(H,36,37,39). The largest absolute Gasteiger partial charge is 0.487 e. The highest BCUT2D eigenvalue weighted by atomic mass is 35.5. The number of rotatable bonds is 14. The number of oxazole rings is 1. The number of tetrazole rings is 1. The lowest BCUT2D eigenvalue weighted by Crippen LogP contribution is -2.45. The molecule has 0 radical (unpaired) electrons. The average molecular weight is 690 g/mol. The number of nitrogens with one attached hydrogen (secondary N) is 1. The van der Waals surface area contributed by atoms with Gasteiger partial charge in [-0.15, -0.1) is 10.2 Å². The van der Waals surface area contributed by atoms with E-state index < -0.39 is 0 Å². The molecule has 16 heteroatoms. The lowest BCUT2D eigenvalue weighted by Gasteiger charge is -2.38. The zero-order valence-electron chi connectivity index (χ0n) is 27.4. The molecular weight excluding hydrogens is 650 g/mol. The number of hydrogen-bond acceptors (Lipinski definition) is 13. The quantitative estimate of drug-likeness (QED) is 0.155. The summed E-state index contributed by atoms with van der Waals surface area (Å²) >= 11 is 6.46. The van der Waals surface area contributed by atoms with Gasteiger partial charge in [0.2, 0.25) is 5.95 Å². The summed E-state index contributed by atoms with van der Waals surface area (Å²) in [5.74, 6) is 2.20. The Hall–Kier alpha value is -4.60. The number of hydrogen-bond donors (Lipinski definition) is 1. The van der Waals surface area contributed by atoms with Gasteiger partial charge in [-0.25, -0.2) is 19.6 Å². The van der Waals surface area contributed by atoms with Gasteiger partial charge in [0.1, 0.15) is 30.1 Å². The van der Waals surface area contributed by atoms with Crippen LogP contribution < -0.4 is 14.8 Å². The van der Waals surface area contributed by atoms with E-state index >= 15 is 0 Å². The highest BCUT2D eigenvalue weighted by molar-refractivity contribution is 6.32. The van der Waals surface area contributed by atoms with Gasteiger partial charge in [0, 0.05) is 43.5 Å². The van der Waals surface area contributed by atoms with Crippen molar-refractivity contribution < 1.29 is 18.6 Å². The monoisotopic (exact) mass is 689 g/mol. The molecule has 4 aromatic heterocycles. The van der Waals surface area contributed by atoms with Gasteiger partial charge in [-0.3, -0.25) is 9.58 Å². The van der Waals surface area contributed by atoms with Crippen LogP contribution in [-0.2, 0) is 17.7 Å². The van der Waals surface area contributed by atoms with Gasteiger partial charge < -0.3 is 23.9 Å². The van der Waals surface area contributed by atoms with E-state index in [0.29, 0.717) is 60.1 Å². The molecule has 2 fully saturated rings. The normalized spacial score (nSPS) is 19.1. The molecule has 1 saturated heterocycles. The van der Waals surface area contributed by atoms with Crippen molar-refractivity contribution in [3.05, 3.63) is 66.5 Å². The van der Waals surface area contributed by atoms with Crippen LogP contribution in [0.1, 0.15) is 51.0 Å². The van der Waals surface area contributed by atoms with E-state index in [1.54, 1.807) is 41.9 Å². The first kappa shape index (κ1) is 32.9. The fourth-order valence-electron chi connectivity index (χ4n) is 6.37. The van der Waals surface area contributed by atoms with Crippen LogP contribution in [0.2, 0.25) is 5.02 Å². The summed E-state index contributed by atoms with van der Waals surface area (Å²) in [4.78, 5) is 16.0. The van der Waals surface area contributed by atoms with Crippen LogP contribution in [0.3, 0.4) is 0 Å². The molecule has 1 unspecified atom stereocenters. The van der Waals surface area contributed by atoms with E-state index in [2.05, 4.69) is 40.7 Å². The predicted octanol–water partition coefficient (Wildman–Crippen LogP) is 5.01. The Balaban J connectivity index is 1.02. The highest BCUT2D eigenvalue weighted by Gasteiger charge is 2.29. The number of nitrogens with zero attached hydrogens (tertiary/aromatic N) is 10. The zero-order valence-corrected chi connectivity index (χ0v) is 28.2. The Morgan fingerprint density at radius 1 is 1.04 bits per heavy atom. The Kier molecular flexibility index (Phi) is 10.6. The zero-order chi connectivity index (χ0) is 33.4. The van der Waals surface area contributed by atoms with Crippen molar-refractivity contribution in [2.24, 2.45) is 0 Å². The minimum atomic E-state index is -0.210. The van der Waals surface area contributed by atoms with E-state index in [0.717, 1.165) is 75.2 Å². The third kappa shape index (κ3) is 8.53. The number of aromatic nitrogens is 9. The summed E-state index contributed by atoms with van der Waals surface area (Å²) in [6, 6.07) is 6.50. The molecule has 1 atom stereocenters. The summed E-state index contributed by atoms with van der Waals surface area (Å²) in [6.45, 7) is 6.57. The molecular formula is C33H40ClN11O4. The lowest BCUT2D eigenvalue weighted by atomic mass is 9.90. The average Bonchev–Trinajstić information content (AvgIpc) is 3.92. The minimum absolute atomic E-state index is 0.210. The summed E-state index contributed by atoms with van der Waals surface area (Å²) in [5.41, 5.74) is 2.41. The fourth-order valence-corrected chi connectivity index (χ4v) is 6.53. The topological polar surface area (TPSA) is 156 Å². The van der Waals surface area contributed by atoms with E-state index in [1.165, 1.54) is 0 Å². The van der Waals surface area contributed by atoms with Crippen LogP contribution >= 0.6 is 11.6 Å². The molecule has 1 aromatic carbocycles. The van der Waals surface area contributed by atoms with Crippen molar-refractivity contribution in [1.29, 1.82) is 0 Å². The number of morpholine rings is 1. The van der Waals surface area contributed by atoms with E-state index in [-0.39, 0.29) is 6.10 Å². The van der Waals surface area contributed by atoms with Crippen LogP contribution in [0.15, 0.2) is 60.0 Å². The summed E-state index contributed by atoms with van der Waals surface area (Å²) in [7, 11) is 0. The van der Waals surface area contributed by atoms with Crippen molar-refractivity contribution in [3.63, 3.8) is 0 Å². The molecule has 1 aliphatic carbocycles. The van der Waals surface area contributed by atoms with Gasteiger partial charge in [-0.2, -0.15) is 0 Å². The van der Waals surface area contributed by atoms with Crippen molar-refractivity contribution in [2.75, 3.05) is 38.2 Å². The Labute approximate surface area is 288 Å². The van der Waals surface area contributed by atoms with Gasteiger partial charge in [-0.1, -0.05) is 17.7 Å². The molecule has 15 nitrogen and oxygen atoms in total. The number of halogens is 1. The minimum Gasteiger partial charge on any atom is -0.487 e. The Bertz CT molecular complexity index is 1740. The SMILES string of the molecule is CC(Cn1cnnn1)Oc1cc(-c2cnc(Nc3cn(C4CCC(N5CCOCC5)CC4)nc3OCCCc3ncco3)nc2)ccc1Cl. The molecule has 0 bridgehead atoms. The predicted molar refractivity (Wildman–Crippen MR) is 180 cm³/mol. The van der Waals surface area contributed by atoms with Crippen LogP contribution in [-0.4, -0.2) is 94.9 Å². The van der Waals surface area contributed by atoms with Crippen molar-refractivity contribution in [1.82, 2.24) is 49.8 Å². The van der Waals surface area contributed by atoms with Gasteiger partial charge in [0.25, 0.3) is 5.88 Å². The van der Waals surface area contributed by atoms with Crippen molar-refractivity contribution in [2.45, 2.75) is 70.2 Å². The molecule has 1 N–H and O–H groups in total. The van der Waals surface area contributed by atoms with Gasteiger partial charge in [-0.05, 0) is 67.2 Å². The second kappa shape index (κ2) is 15.7. The van der Waals surface area contributed by atoms with Gasteiger partial charge >= 0.3 is 0 Å². The number of aryl methyl sites for hydroxylation is 1. The van der Waals surface area contributed by atoms with Crippen LogP contribution in [0.5, 0.6) is 11.6 Å². The molecule has 1 aliphatic heterocycles. The van der Waals surface area contributed by atoms with Crippen LogP contribution in [0.25, 0.3) is 11.1 Å². The summed E-state index contributed by atoms with van der Waals surface area (Å²) < 4.78 is 26.9. The fraction of sp³-hybridized carbons (Fsp3) is 0.485. The molecule has 5 aromatic rings. The third-order valence-electron chi connectivity index (χ3n) is 8.88. The van der Waals surface area contributed by atoms with Crippen molar-refractivity contribution in [3.8, 4) is 22.8 Å². The lowest BCUT2D eigenvalue weighted by molar-refractivity contribution is 0.00503. The van der Waals surface area contributed by atoms with E-state index in [4.69, 9.17) is 35.3 Å². The molecule has 258 valence electrons. The van der Waals surface area contributed by atoms with Crippen molar-refractivity contribution >= 4 is 23.2 Å². The molecule has 5 heterocycles. The highest BCUT2D eigenvalue weighted by Crippen LogP contribution is 2.35. The number of ether oxygens (including phenoxy) is 3. The Morgan fingerprint density at radius 3 is 2.61 bits per heavy atom. The van der Waals surface area contributed by atoms with Gasteiger partial charge in [0.15, 0.2) is 5.89 Å². The number of benzene rings is 1. The molecule has 0 amide bonds. The first-order chi connectivity index (χ1) is 24.1. The second-order valence-corrected chi connectivity index (χ2v) is 12.7. The molecule has 1 saturated carbocycles. The molecule has 7 rings (SSSR count). The Morgan fingerprint density at radius 2 is 1.86 bits per heavy atom. The summed E-state index contributed by atoms with van der Waals surface area (Å²) in [6.07, 6.45) is 15.9. The first-order valence-corrected chi connectivity index (χ1v) is 17.1. The summed E-state index contributed by atoms with van der Waals surface area (Å²) in [5, 5.41) is 20.0. The first-order valence-electron chi connectivity index (χ1n) is 16.8. The third-order valence-corrected chi connectivity index (χ3v) is 9.20. The smallest absolute Gasteiger partial charge is 0.256 e. The second-order valence-electron chi connectivity index (χ2n) is 12.3. The van der Waals surface area contributed by atoms with Crippen LogP contribution in [0, 0.1) is 0 Å². The maximum Gasteiger partial charge on any atom is 0.256 e. The van der Waals surface area contributed by atoms with Gasteiger partial charge in [0.05, 0.1) is 49.8 Å². The molecule has 0 spiro atoms. The van der Waals surface area contributed by atoms with Crippen LogP contribution in [0.4, 0.5) is 11.6 Å². The maximum absolute atomic E-state index is 6.46. The molecule has 49 heavy (non-hydrogen) atoms. The van der Waals surface area contributed by atoms with E-state index in [1.807, 2.05) is 29.9 Å².